The third kappa shape index (κ3) is 3.13. The molecule has 21 heavy (non-hydrogen) atoms. The highest BCUT2D eigenvalue weighted by Gasteiger charge is 2.07. The number of carbonyl (C=O) groups excluding carboxylic acids is 1. The zero-order valence-corrected chi connectivity index (χ0v) is 12.9. The first-order valence-corrected chi connectivity index (χ1v) is 7.48. The quantitative estimate of drug-likeness (QED) is 0.763. The molecule has 0 aliphatic rings. The molecule has 106 valence electrons. The minimum Gasteiger partial charge on any atom is -0.361 e. The van der Waals surface area contributed by atoms with Crippen LogP contribution < -0.4 is 5.32 Å². The number of carbonyl (C=O) groups is 1. The van der Waals surface area contributed by atoms with Gasteiger partial charge in [-0.3, -0.25) is 4.79 Å². The van der Waals surface area contributed by atoms with Gasteiger partial charge >= 0.3 is 0 Å². The Bertz CT molecular complexity index is 765. The van der Waals surface area contributed by atoms with Gasteiger partial charge in [0.15, 0.2) is 0 Å². The lowest BCUT2D eigenvalue weighted by atomic mass is 10.1. The van der Waals surface area contributed by atoms with Crippen LogP contribution in [0.4, 0.5) is 0 Å². The van der Waals surface area contributed by atoms with E-state index in [1.165, 1.54) is 10.9 Å². The van der Waals surface area contributed by atoms with E-state index in [1.807, 2.05) is 30.5 Å². The number of pyridine rings is 1. The second-order valence-electron chi connectivity index (χ2n) is 4.73. The molecule has 2 N–H and O–H groups in total. The van der Waals surface area contributed by atoms with Crippen LogP contribution in [0.2, 0.25) is 0 Å². The Hall–Kier alpha value is -2.14. The fourth-order valence-corrected chi connectivity index (χ4v) is 2.48. The van der Waals surface area contributed by atoms with Crippen LogP contribution in [0.5, 0.6) is 0 Å². The highest BCUT2D eigenvalue weighted by Crippen LogP contribution is 2.17. The van der Waals surface area contributed by atoms with Crippen molar-refractivity contribution < 1.29 is 4.79 Å². The predicted octanol–water partition coefficient (Wildman–Crippen LogP) is 3.30. The Morgan fingerprint density at radius 3 is 2.90 bits per heavy atom. The number of amides is 1. The molecular formula is C16H14BrN3O. The van der Waals surface area contributed by atoms with Crippen molar-refractivity contribution in [3.63, 3.8) is 0 Å². The molecule has 3 aromatic rings. The first kappa shape index (κ1) is 13.8. The fraction of sp³-hybridized carbons (Fsp3) is 0.125. The molecule has 1 aromatic carbocycles. The van der Waals surface area contributed by atoms with Gasteiger partial charge in [-0.05, 0) is 46.1 Å². The van der Waals surface area contributed by atoms with Crippen molar-refractivity contribution in [3.8, 4) is 0 Å². The number of rotatable bonds is 4. The van der Waals surface area contributed by atoms with Crippen LogP contribution >= 0.6 is 15.9 Å². The van der Waals surface area contributed by atoms with E-state index in [2.05, 4.69) is 37.3 Å². The maximum absolute atomic E-state index is 12.0. The van der Waals surface area contributed by atoms with Gasteiger partial charge in [0.25, 0.3) is 5.91 Å². The average molecular weight is 344 g/mol. The molecule has 2 aromatic heterocycles. The minimum atomic E-state index is -0.151. The summed E-state index contributed by atoms with van der Waals surface area (Å²) >= 11 is 3.30. The lowest BCUT2D eigenvalue weighted by molar-refractivity contribution is 0.0949. The van der Waals surface area contributed by atoms with Gasteiger partial charge in [0, 0.05) is 34.3 Å². The highest BCUT2D eigenvalue weighted by molar-refractivity contribution is 9.10. The summed E-state index contributed by atoms with van der Waals surface area (Å²) in [5.41, 5.74) is 2.75. The number of benzene rings is 1. The van der Waals surface area contributed by atoms with E-state index in [0.717, 1.165) is 16.4 Å². The number of para-hydroxylation sites is 1. The number of aromatic amines is 1. The molecule has 0 aliphatic carbocycles. The Morgan fingerprint density at radius 2 is 2.10 bits per heavy atom. The number of fused-ring (bicyclic) bond motifs is 1. The molecule has 0 bridgehead atoms. The molecule has 1 amide bonds. The van der Waals surface area contributed by atoms with Crippen LogP contribution in [0, 0.1) is 0 Å². The number of hydrogen-bond donors (Lipinski definition) is 2. The second kappa shape index (κ2) is 6.10. The maximum Gasteiger partial charge on any atom is 0.269 e. The number of halogens is 1. The molecule has 0 unspecified atom stereocenters. The van der Waals surface area contributed by atoms with Crippen LogP contribution in [0.3, 0.4) is 0 Å². The highest BCUT2D eigenvalue weighted by atomic mass is 79.9. The van der Waals surface area contributed by atoms with E-state index in [1.54, 1.807) is 12.3 Å². The van der Waals surface area contributed by atoms with Gasteiger partial charge in [0.05, 0.1) is 0 Å². The topological polar surface area (TPSA) is 57.8 Å². The lowest BCUT2D eigenvalue weighted by Gasteiger charge is -2.04. The van der Waals surface area contributed by atoms with E-state index >= 15 is 0 Å². The summed E-state index contributed by atoms with van der Waals surface area (Å²) in [4.78, 5) is 19.3. The molecule has 5 heteroatoms. The van der Waals surface area contributed by atoms with Crippen LogP contribution in [-0.4, -0.2) is 22.4 Å². The van der Waals surface area contributed by atoms with Crippen LogP contribution in [0.1, 0.15) is 16.1 Å². The molecule has 0 spiro atoms. The van der Waals surface area contributed by atoms with Crippen molar-refractivity contribution in [2.45, 2.75) is 6.42 Å². The lowest BCUT2D eigenvalue weighted by Crippen LogP contribution is -2.26. The average Bonchev–Trinajstić information content (AvgIpc) is 2.91. The summed E-state index contributed by atoms with van der Waals surface area (Å²) in [5, 5.41) is 4.09. The summed E-state index contributed by atoms with van der Waals surface area (Å²) in [6, 6.07) is 11.7. The van der Waals surface area contributed by atoms with Gasteiger partial charge < -0.3 is 10.3 Å². The molecule has 0 fully saturated rings. The standard InChI is InChI=1S/C16H14BrN3O/c17-12-5-6-15(20-10-12)16(21)18-8-7-11-9-19-14-4-2-1-3-13(11)14/h1-6,9-10,19H,7-8H2,(H,18,21). The number of hydrogen-bond acceptors (Lipinski definition) is 2. The van der Waals surface area contributed by atoms with Crippen molar-refractivity contribution in [1.29, 1.82) is 0 Å². The van der Waals surface area contributed by atoms with E-state index in [0.29, 0.717) is 12.2 Å². The molecular weight excluding hydrogens is 330 g/mol. The maximum atomic E-state index is 12.0. The predicted molar refractivity (Wildman–Crippen MR) is 86.3 cm³/mol. The molecule has 3 rings (SSSR count). The Morgan fingerprint density at radius 1 is 1.24 bits per heavy atom. The SMILES string of the molecule is O=C(NCCc1c[nH]c2ccccc12)c1ccc(Br)cn1. The molecule has 0 atom stereocenters. The van der Waals surface area contributed by atoms with Gasteiger partial charge in [-0.2, -0.15) is 0 Å². The van der Waals surface area contributed by atoms with E-state index in [9.17, 15) is 4.79 Å². The smallest absolute Gasteiger partial charge is 0.269 e. The zero-order valence-electron chi connectivity index (χ0n) is 11.3. The molecule has 0 saturated carbocycles. The Balaban J connectivity index is 1.61. The summed E-state index contributed by atoms with van der Waals surface area (Å²) in [6.07, 6.45) is 4.40. The number of H-pyrrole nitrogens is 1. The second-order valence-corrected chi connectivity index (χ2v) is 5.64. The fourth-order valence-electron chi connectivity index (χ4n) is 2.25. The van der Waals surface area contributed by atoms with Crippen LogP contribution in [-0.2, 0) is 6.42 Å². The van der Waals surface area contributed by atoms with Gasteiger partial charge in [0.1, 0.15) is 5.69 Å². The summed E-state index contributed by atoms with van der Waals surface area (Å²) < 4.78 is 0.859. The number of nitrogens with one attached hydrogen (secondary N) is 2. The molecule has 0 radical (unpaired) electrons. The number of aromatic nitrogens is 2. The first-order valence-electron chi connectivity index (χ1n) is 6.69. The third-order valence-corrected chi connectivity index (χ3v) is 3.78. The third-order valence-electron chi connectivity index (χ3n) is 3.31. The van der Waals surface area contributed by atoms with Crippen molar-refractivity contribution in [2.75, 3.05) is 6.54 Å². The molecule has 0 saturated heterocycles. The van der Waals surface area contributed by atoms with Gasteiger partial charge in [0.2, 0.25) is 0 Å². The van der Waals surface area contributed by atoms with Crippen molar-refractivity contribution in [1.82, 2.24) is 15.3 Å². The van der Waals surface area contributed by atoms with Gasteiger partial charge in [-0.1, -0.05) is 18.2 Å². The Labute approximate surface area is 130 Å². The Kier molecular flexibility index (Phi) is 4.01. The zero-order chi connectivity index (χ0) is 14.7. The van der Waals surface area contributed by atoms with Crippen LogP contribution in [0.25, 0.3) is 10.9 Å². The molecule has 0 aliphatic heterocycles. The summed E-state index contributed by atoms with van der Waals surface area (Å²) in [5.74, 6) is -0.151. The monoisotopic (exact) mass is 343 g/mol. The van der Waals surface area contributed by atoms with Gasteiger partial charge in [-0.15, -0.1) is 0 Å². The van der Waals surface area contributed by atoms with Gasteiger partial charge in [-0.25, -0.2) is 4.98 Å². The first-order chi connectivity index (χ1) is 10.2. The van der Waals surface area contributed by atoms with Crippen molar-refractivity contribution in [2.24, 2.45) is 0 Å². The van der Waals surface area contributed by atoms with Crippen molar-refractivity contribution >= 4 is 32.7 Å². The summed E-state index contributed by atoms with van der Waals surface area (Å²) in [7, 11) is 0. The molecule has 2 heterocycles. The van der Waals surface area contributed by atoms with E-state index < -0.39 is 0 Å². The minimum absolute atomic E-state index is 0.151. The van der Waals surface area contributed by atoms with Crippen molar-refractivity contribution in [3.05, 3.63) is 64.5 Å². The summed E-state index contributed by atoms with van der Waals surface area (Å²) in [6.45, 7) is 0.582. The van der Waals surface area contributed by atoms with E-state index in [-0.39, 0.29) is 5.91 Å². The largest absolute Gasteiger partial charge is 0.361 e. The normalized spacial score (nSPS) is 10.7. The van der Waals surface area contributed by atoms with Crippen LogP contribution in [0.15, 0.2) is 53.3 Å². The number of nitrogens with zero attached hydrogens (tertiary/aromatic N) is 1. The van der Waals surface area contributed by atoms with E-state index in [4.69, 9.17) is 0 Å². The molecule has 4 nitrogen and oxygen atoms in total.